The Labute approximate surface area is 175 Å². The standard InChI is InChI=1S/C23H25N3O4/c1-28-19-10-18(11-20(12-19)29-2)23(27)24-13-21-22-17(8-9-30-21)15-26(25-22)14-16-6-4-3-5-7-16/h3-7,10-12,15,21H,8-9,13-14H2,1-2H3,(H,24,27)/t21-/m0/s1. The van der Waals surface area contributed by atoms with Gasteiger partial charge >= 0.3 is 0 Å². The molecule has 0 saturated carbocycles. The van der Waals surface area contributed by atoms with Crippen LogP contribution in [-0.2, 0) is 17.7 Å². The highest BCUT2D eigenvalue weighted by Gasteiger charge is 2.25. The second-order valence-electron chi connectivity index (χ2n) is 7.14. The number of hydrogen-bond acceptors (Lipinski definition) is 5. The van der Waals surface area contributed by atoms with E-state index in [9.17, 15) is 4.79 Å². The van der Waals surface area contributed by atoms with Crippen LogP contribution in [0.1, 0.15) is 33.3 Å². The molecular formula is C23H25N3O4. The summed E-state index contributed by atoms with van der Waals surface area (Å²) in [6, 6.07) is 15.3. The van der Waals surface area contributed by atoms with E-state index >= 15 is 0 Å². The second-order valence-corrected chi connectivity index (χ2v) is 7.14. The van der Waals surface area contributed by atoms with Gasteiger partial charge in [0.1, 0.15) is 17.6 Å². The SMILES string of the molecule is COc1cc(OC)cc(C(=O)NC[C@@H]2OCCc3cn(Cc4ccccc4)nc32)c1. The summed E-state index contributed by atoms with van der Waals surface area (Å²) in [5.41, 5.74) is 3.71. The number of methoxy groups -OCH3 is 2. The van der Waals surface area contributed by atoms with Gasteiger partial charge in [-0.3, -0.25) is 9.48 Å². The first-order valence-electron chi connectivity index (χ1n) is 9.89. The third kappa shape index (κ3) is 4.46. The number of aromatic nitrogens is 2. The quantitative estimate of drug-likeness (QED) is 0.652. The van der Waals surface area contributed by atoms with E-state index in [0.717, 1.165) is 12.1 Å². The Morgan fingerprint density at radius 1 is 1.17 bits per heavy atom. The van der Waals surface area contributed by atoms with Gasteiger partial charge in [-0.25, -0.2) is 0 Å². The number of fused-ring (bicyclic) bond motifs is 1. The van der Waals surface area contributed by atoms with Crippen LogP contribution < -0.4 is 14.8 Å². The van der Waals surface area contributed by atoms with E-state index in [1.807, 2.05) is 22.9 Å². The lowest BCUT2D eigenvalue weighted by molar-refractivity contribution is 0.0383. The Bertz CT molecular complexity index is 994. The number of carbonyl (C=O) groups is 1. The van der Waals surface area contributed by atoms with Crippen LogP contribution in [0.25, 0.3) is 0 Å². The molecule has 0 saturated heterocycles. The van der Waals surface area contributed by atoms with Gasteiger partial charge in [0.05, 0.1) is 33.1 Å². The molecule has 0 fully saturated rings. The van der Waals surface area contributed by atoms with E-state index in [2.05, 4.69) is 23.6 Å². The van der Waals surface area contributed by atoms with E-state index in [-0.39, 0.29) is 12.0 Å². The van der Waals surface area contributed by atoms with Gasteiger partial charge in [0.2, 0.25) is 0 Å². The maximum Gasteiger partial charge on any atom is 0.251 e. The minimum absolute atomic E-state index is 0.216. The Balaban J connectivity index is 1.45. The van der Waals surface area contributed by atoms with Crippen LogP contribution in [0.2, 0.25) is 0 Å². The first-order valence-corrected chi connectivity index (χ1v) is 9.89. The van der Waals surface area contributed by atoms with Gasteiger partial charge in [-0.15, -0.1) is 0 Å². The Hall–Kier alpha value is -3.32. The molecule has 4 rings (SSSR count). The van der Waals surface area contributed by atoms with Crippen LogP contribution in [0, 0.1) is 0 Å². The van der Waals surface area contributed by atoms with Crippen molar-refractivity contribution >= 4 is 5.91 Å². The van der Waals surface area contributed by atoms with Gasteiger partial charge in [0.25, 0.3) is 5.91 Å². The molecule has 0 spiro atoms. The molecule has 3 aromatic rings. The monoisotopic (exact) mass is 407 g/mol. The molecule has 1 N–H and O–H groups in total. The topological polar surface area (TPSA) is 74.6 Å². The minimum atomic E-state index is -0.276. The van der Waals surface area contributed by atoms with Crippen LogP contribution in [0.15, 0.2) is 54.7 Å². The zero-order valence-corrected chi connectivity index (χ0v) is 17.1. The summed E-state index contributed by atoms with van der Waals surface area (Å²) in [6.45, 7) is 1.65. The van der Waals surface area contributed by atoms with Crippen LogP contribution in [0.5, 0.6) is 11.5 Å². The lowest BCUT2D eigenvalue weighted by Gasteiger charge is -2.22. The highest BCUT2D eigenvalue weighted by molar-refractivity contribution is 5.95. The summed E-state index contributed by atoms with van der Waals surface area (Å²) in [5.74, 6) is 0.914. The van der Waals surface area contributed by atoms with Crippen molar-refractivity contribution in [3.05, 3.63) is 77.1 Å². The molecule has 7 nitrogen and oxygen atoms in total. The van der Waals surface area contributed by atoms with Crippen molar-refractivity contribution in [3.63, 3.8) is 0 Å². The van der Waals surface area contributed by atoms with Gasteiger partial charge in [0.15, 0.2) is 0 Å². The molecule has 7 heteroatoms. The summed E-state index contributed by atoms with van der Waals surface area (Å²) in [6.07, 6.45) is 2.62. The average molecular weight is 407 g/mol. The number of rotatable bonds is 7. The second kappa shape index (κ2) is 9.00. The molecule has 2 heterocycles. The molecule has 2 aromatic carbocycles. The van der Waals surface area contributed by atoms with Gasteiger partial charge in [0, 0.05) is 24.4 Å². The van der Waals surface area contributed by atoms with Crippen molar-refractivity contribution in [2.45, 2.75) is 19.1 Å². The van der Waals surface area contributed by atoms with E-state index in [0.29, 0.717) is 36.8 Å². The first kappa shape index (κ1) is 20.0. The fourth-order valence-corrected chi connectivity index (χ4v) is 3.56. The molecule has 1 atom stereocenters. The number of nitrogens with one attached hydrogen (secondary N) is 1. The maximum atomic E-state index is 12.7. The zero-order chi connectivity index (χ0) is 20.9. The van der Waals surface area contributed by atoms with Crippen LogP contribution in [0.3, 0.4) is 0 Å². The first-order chi connectivity index (χ1) is 14.7. The number of nitrogens with zero attached hydrogens (tertiary/aromatic N) is 2. The zero-order valence-electron chi connectivity index (χ0n) is 17.1. The third-order valence-corrected chi connectivity index (χ3v) is 5.11. The van der Waals surface area contributed by atoms with Gasteiger partial charge in [-0.1, -0.05) is 30.3 Å². The molecular weight excluding hydrogens is 382 g/mol. The highest BCUT2D eigenvalue weighted by Crippen LogP contribution is 2.26. The summed E-state index contributed by atoms with van der Waals surface area (Å²) in [7, 11) is 3.11. The number of amides is 1. The maximum absolute atomic E-state index is 12.7. The molecule has 30 heavy (non-hydrogen) atoms. The normalized spacial score (nSPS) is 15.3. The van der Waals surface area contributed by atoms with Crippen molar-refractivity contribution < 1.29 is 19.0 Å². The van der Waals surface area contributed by atoms with E-state index < -0.39 is 0 Å². The van der Waals surface area contributed by atoms with Crippen molar-refractivity contribution in [1.82, 2.24) is 15.1 Å². The van der Waals surface area contributed by atoms with Gasteiger partial charge in [-0.05, 0) is 29.7 Å². The van der Waals surface area contributed by atoms with Gasteiger partial charge in [-0.2, -0.15) is 5.10 Å². The summed E-state index contributed by atoms with van der Waals surface area (Å²) >= 11 is 0. The minimum Gasteiger partial charge on any atom is -0.497 e. The smallest absolute Gasteiger partial charge is 0.251 e. The predicted octanol–water partition coefficient (Wildman–Crippen LogP) is 2.99. The average Bonchev–Trinajstić information content (AvgIpc) is 3.20. The number of carbonyl (C=O) groups excluding carboxylic acids is 1. The molecule has 156 valence electrons. The largest absolute Gasteiger partial charge is 0.497 e. The molecule has 1 aliphatic rings. The van der Waals surface area contributed by atoms with Crippen molar-refractivity contribution in [3.8, 4) is 11.5 Å². The fraction of sp³-hybridized carbons (Fsp3) is 0.304. The highest BCUT2D eigenvalue weighted by atomic mass is 16.5. The Kier molecular flexibility index (Phi) is 5.99. The van der Waals surface area contributed by atoms with Crippen LogP contribution in [0.4, 0.5) is 0 Å². The molecule has 1 amide bonds. The summed E-state index contributed by atoms with van der Waals surface area (Å²) in [5, 5.41) is 7.68. The molecule has 0 radical (unpaired) electrons. The van der Waals surface area contributed by atoms with Crippen molar-refractivity contribution in [2.24, 2.45) is 0 Å². The molecule has 0 unspecified atom stereocenters. The van der Waals surface area contributed by atoms with E-state index in [4.69, 9.17) is 19.3 Å². The number of ether oxygens (including phenoxy) is 3. The summed E-state index contributed by atoms with van der Waals surface area (Å²) in [4.78, 5) is 12.7. The predicted molar refractivity (Wildman–Crippen MR) is 112 cm³/mol. The molecule has 1 aromatic heterocycles. The fourth-order valence-electron chi connectivity index (χ4n) is 3.56. The van der Waals surface area contributed by atoms with E-state index in [1.54, 1.807) is 32.4 Å². The summed E-state index contributed by atoms with van der Waals surface area (Å²) < 4.78 is 18.3. The Morgan fingerprint density at radius 2 is 1.90 bits per heavy atom. The lowest BCUT2D eigenvalue weighted by atomic mass is 10.1. The molecule has 0 bridgehead atoms. The Morgan fingerprint density at radius 3 is 2.60 bits per heavy atom. The number of hydrogen-bond donors (Lipinski definition) is 1. The van der Waals surface area contributed by atoms with Gasteiger partial charge < -0.3 is 19.5 Å². The van der Waals surface area contributed by atoms with Crippen molar-refractivity contribution in [1.29, 1.82) is 0 Å². The van der Waals surface area contributed by atoms with E-state index in [1.165, 1.54) is 11.1 Å². The van der Waals surface area contributed by atoms with Crippen molar-refractivity contribution in [2.75, 3.05) is 27.4 Å². The van der Waals surface area contributed by atoms with Crippen LogP contribution in [-0.4, -0.2) is 43.1 Å². The third-order valence-electron chi connectivity index (χ3n) is 5.11. The molecule has 0 aliphatic carbocycles. The number of benzene rings is 2. The molecule has 1 aliphatic heterocycles. The van der Waals surface area contributed by atoms with Crippen LogP contribution >= 0.6 is 0 Å². The lowest BCUT2D eigenvalue weighted by Crippen LogP contribution is -2.32.